The topological polar surface area (TPSA) is 87.3 Å². The fourth-order valence-electron chi connectivity index (χ4n) is 2.51. The Hall–Kier alpha value is -3.29. The summed E-state index contributed by atoms with van der Waals surface area (Å²) in [6, 6.07) is 8.19. The van der Waals surface area contributed by atoms with Gasteiger partial charge in [-0.3, -0.25) is 14.4 Å². The number of anilines is 2. The molecule has 3 amide bonds. The van der Waals surface area contributed by atoms with E-state index in [1.807, 2.05) is 0 Å². The van der Waals surface area contributed by atoms with E-state index in [0.717, 1.165) is 12.1 Å². The molecule has 0 spiro atoms. The summed E-state index contributed by atoms with van der Waals surface area (Å²) >= 11 is 0. The van der Waals surface area contributed by atoms with Crippen molar-refractivity contribution in [2.45, 2.75) is 26.8 Å². The van der Waals surface area contributed by atoms with Gasteiger partial charge in [-0.2, -0.15) is 0 Å². The molecule has 0 saturated heterocycles. The minimum atomic E-state index is -0.957. The van der Waals surface area contributed by atoms with Crippen LogP contribution in [0.25, 0.3) is 0 Å². The molecule has 0 aliphatic rings. The monoisotopic (exact) mass is 389 g/mol. The molecule has 0 radical (unpaired) electrons. The maximum atomic E-state index is 13.8. The zero-order valence-electron chi connectivity index (χ0n) is 15.7. The number of rotatable bonds is 6. The highest BCUT2D eigenvalue weighted by Crippen LogP contribution is 2.20. The fraction of sp³-hybridized carbons (Fsp3) is 0.250. The smallest absolute Gasteiger partial charge is 0.254 e. The molecule has 0 aromatic heterocycles. The average molecular weight is 389 g/mol. The Balaban J connectivity index is 2.16. The number of nitrogens with one attached hydrogen (secondary N) is 3. The minimum Gasteiger partial charge on any atom is -0.340 e. The Morgan fingerprint density at radius 3 is 2.21 bits per heavy atom. The van der Waals surface area contributed by atoms with Crippen LogP contribution in [0.15, 0.2) is 42.5 Å². The summed E-state index contributed by atoms with van der Waals surface area (Å²) in [4.78, 5) is 36.1. The van der Waals surface area contributed by atoms with Crippen molar-refractivity contribution in [1.29, 1.82) is 0 Å². The number of carbonyl (C=O) groups is 3. The van der Waals surface area contributed by atoms with Gasteiger partial charge in [0.05, 0.1) is 11.3 Å². The first kappa shape index (κ1) is 21.0. The molecule has 148 valence electrons. The van der Waals surface area contributed by atoms with E-state index in [4.69, 9.17) is 0 Å². The maximum Gasteiger partial charge on any atom is 0.254 e. The molecule has 0 aliphatic carbocycles. The van der Waals surface area contributed by atoms with Gasteiger partial charge in [-0.25, -0.2) is 8.78 Å². The van der Waals surface area contributed by atoms with Gasteiger partial charge in [0.15, 0.2) is 0 Å². The minimum absolute atomic E-state index is 0.0817. The summed E-state index contributed by atoms with van der Waals surface area (Å²) < 4.78 is 27.5. The lowest BCUT2D eigenvalue weighted by atomic mass is 10.0. The SMILES string of the molecule is CC(=O)Nc1cc(NC(=O)C(NC(=O)c2ccccc2F)C(C)C)ccc1F. The number of hydrogen-bond acceptors (Lipinski definition) is 3. The highest BCUT2D eigenvalue weighted by atomic mass is 19.1. The van der Waals surface area contributed by atoms with Crippen LogP contribution < -0.4 is 16.0 Å². The summed E-state index contributed by atoms with van der Waals surface area (Å²) in [5, 5.41) is 7.41. The van der Waals surface area contributed by atoms with Crippen molar-refractivity contribution in [2.24, 2.45) is 5.92 Å². The van der Waals surface area contributed by atoms with E-state index in [0.29, 0.717) is 0 Å². The molecular weight excluding hydrogens is 368 g/mol. The summed E-state index contributed by atoms with van der Waals surface area (Å²) in [5.74, 6) is -3.38. The molecule has 0 saturated carbocycles. The molecule has 8 heteroatoms. The van der Waals surface area contributed by atoms with Crippen LogP contribution in [0, 0.1) is 17.6 Å². The lowest BCUT2D eigenvalue weighted by Crippen LogP contribution is -2.47. The molecule has 0 fully saturated rings. The van der Waals surface area contributed by atoms with Gasteiger partial charge in [-0.05, 0) is 36.2 Å². The molecule has 3 N–H and O–H groups in total. The standard InChI is InChI=1S/C20H21F2N3O3/c1-11(2)18(25-19(27)14-6-4-5-7-15(14)21)20(28)24-13-8-9-16(22)17(10-13)23-12(3)26/h4-11,18H,1-3H3,(H,23,26)(H,24,28)(H,25,27). The summed E-state index contributed by atoms with van der Waals surface area (Å²) in [7, 11) is 0. The highest BCUT2D eigenvalue weighted by Gasteiger charge is 2.26. The van der Waals surface area contributed by atoms with Gasteiger partial charge in [-0.15, -0.1) is 0 Å². The lowest BCUT2D eigenvalue weighted by Gasteiger charge is -2.22. The van der Waals surface area contributed by atoms with Crippen LogP contribution in [-0.2, 0) is 9.59 Å². The van der Waals surface area contributed by atoms with Gasteiger partial charge in [-0.1, -0.05) is 26.0 Å². The van der Waals surface area contributed by atoms with Gasteiger partial charge in [0, 0.05) is 12.6 Å². The number of carbonyl (C=O) groups excluding carboxylic acids is 3. The first-order valence-corrected chi connectivity index (χ1v) is 8.62. The van der Waals surface area contributed by atoms with Crippen molar-refractivity contribution in [2.75, 3.05) is 10.6 Å². The molecule has 2 aromatic carbocycles. The van der Waals surface area contributed by atoms with Crippen molar-refractivity contribution < 1.29 is 23.2 Å². The normalized spacial score (nSPS) is 11.6. The van der Waals surface area contributed by atoms with E-state index >= 15 is 0 Å². The quantitative estimate of drug-likeness (QED) is 0.708. The second kappa shape index (κ2) is 9.07. The average Bonchev–Trinajstić information content (AvgIpc) is 2.61. The third-order valence-corrected chi connectivity index (χ3v) is 3.90. The molecule has 6 nitrogen and oxygen atoms in total. The molecule has 1 atom stereocenters. The third kappa shape index (κ3) is 5.35. The molecule has 0 heterocycles. The summed E-state index contributed by atoms with van der Waals surface area (Å²) in [6.07, 6.45) is 0. The predicted molar refractivity (Wildman–Crippen MR) is 102 cm³/mol. The van der Waals surface area contributed by atoms with E-state index in [9.17, 15) is 23.2 Å². The van der Waals surface area contributed by atoms with Gasteiger partial charge in [0.25, 0.3) is 5.91 Å². The summed E-state index contributed by atoms with van der Waals surface area (Å²) in [6.45, 7) is 4.68. The van der Waals surface area contributed by atoms with E-state index in [-0.39, 0.29) is 22.9 Å². The van der Waals surface area contributed by atoms with Crippen LogP contribution in [-0.4, -0.2) is 23.8 Å². The Labute approximate surface area is 161 Å². The van der Waals surface area contributed by atoms with Gasteiger partial charge in [0.1, 0.15) is 17.7 Å². The molecule has 1 unspecified atom stereocenters. The van der Waals surface area contributed by atoms with Crippen LogP contribution in [0.3, 0.4) is 0 Å². The molecule has 2 aromatic rings. The van der Waals surface area contributed by atoms with Crippen molar-refractivity contribution in [3.63, 3.8) is 0 Å². The van der Waals surface area contributed by atoms with Gasteiger partial charge < -0.3 is 16.0 Å². The molecular formula is C20H21F2N3O3. The first-order valence-electron chi connectivity index (χ1n) is 8.62. The zero-order valence-corrected chi connectivity index (χ0v) is 15.7. The second-order valence-electron chi connectivity index (χ2n) is 6.54. The van der Waals surface area contributed by atoms with Crippen molar-refractivity contribution in [3.05, 3.63) is 59.7 Å². The van der Waals surface area contributed by atoms with Crippen molar-refractivity contribution in [3.8, 4) is 0 Å². The first-order chi connectivity index (χ1) is 13.2. The Bertz CT molecular complexity index is 900. The molecule has 28 heavy (non-hydrogen) atoms. The van der Waals surface area contributed by atoms with Crippen molar-refractivity contribution in [1.82, 2.24) is 5.32 Å². The van der Waals surface area contributed by atoms with E-state index < -0.39 is 35.4 Å². The van der Waals surface area contributed by atoms with E-state index in [1.165, 1.54) is 37.3 Å². The molecule has 0 aliphatic heterocycles. The highest BCUT2D eigenvalue weighted by molar-refractivity contribution is 6.01. The van der Waals surface area contributed by atoms with Crippen LogP contribution >= 0.6 is 0 Å². The molecule has 0 bridgehead atoms. The Morgan fingerprint density at radius 2 is 1.61 bits per heavy atom. The van der Waals surface area contributed by atoms with Gasteiger partial charge >= 0.3 is 0 Å². The number of halogens is 2. The van der Waals surface area contributed by atoms with Crippen LogP contribution in [0.1, 0.15) is 31.1 Å². The Kier molecular flexibility index (Phi) is 6.81. The van der Waals surface area contributed by atoms with Crippen LogP contribution in [0.4, 0.5) is 20.2 Å². The maximum absolute atomic E-state index is 13.8. The van der Waals surface area contributed by atoms with E-state index in [1.54, 1.807) is 13.8 Å². The van der Waals surface area contributed by atoms with Crippen molar-refractivity contribution >= 4 is 29.1 Å². The molecule has 2 rings (SSSR count). The second-order valence-corrected chi connectivity index (χ2v) is 6.54. The Morgan fingerprint density at radius 1 is 0.929 bits per heavy atom. The number of hydrogen-bond donors (Lipinski definition) is 3. The van der Waals surface area contributed by atoms with Gasteiger partial charge in [0.2, 0.25) is 11.8 Å². The predicted octanol–water partition coefficient (Wildman–Crippen LogP) is 3.32. The number of benzene rings is 2. The van der Waals surface area contributed by atoms with E-state index in [2.05, 4.69) is 16.0 Å². The third-order valence-electron chi connectivity index (χ3n) is 3.90. The summed E-state index contributed by atoms with van der Waals surface area (Å²) in [5.41, 5.74) is -0.0154. The number of amides is 3. The van der Waals surface area contributed by atoms with Crippen LogP contribution in [0.2, 0.25) is 0 Å². The lowest BCUT2D eigenvalue weighted by molar-refractivity contribution is -0.119. The van der Waals surface area contributed by atoms with Crippen LogP contribution in [0.5, 0.6) is 0 Å². The zero-order chi connectivity index (χ0) is 20.8. The largest absolute Gasteiger partial charge is 0.340 e. The fourth-order valence-corrected chi connectivity index (χ4v) is 2.51.